The van der Waals surface area contributed by atoms with E-state index in [9.17, 15) is 9.59 Å². The standard InChI is InChI=1S/C27H35N3O3/c1-33-24-13-11-21(12-14-24)27(32)29-25(20-7-3-2-4-8-20)19-28-26(31)22-15-17-30(18-16-22)23-9-5-6-10-23/h2-4,7-8,11-14,22-23,25H,5-6,9-10,15-19H2,1H3,(H,28,31)(H,29,32). The van der Waals surface area contributed by atoms with E-state index < -0.39 is 0 Å². The molecule has 6 heteroatoms. The second kappa shape index (κ2) is 11.3. The summed E-state index contributed by atoms with van der Waals surface area (Å²) >= 11 is 0. The predicted octanol–water partition coefficient (Wildman–Crippen LogP) is 3.94. The van der Waals surface area contributed by atoms with Gasteiger partial charge in [0.25, 0.3) is 5.91 Å². The molecule has 0 aromatic heterocycles. The molecule has 0 radical (unpaired) electrons. The number of benzene rings is 2. The highest BCUT2D eigenvalue weighted by Gasteiger charge is 2.30. The zero-order valence-corrected chi connectivity index (χ0v) is 19.5. The monoisotopic (exact) mass is 449 g/mol. The third kappa shape index (κ3) is 6.14. The van der Waals surface area contributed by atoms with Crippen LogP contribution in [0.2, 0.25) is 0 Å². The summed E-state index contributed by atoms with van der Waals surface area (Å²) in [6, 6.07) is 17.2. The fourth-order valence-electron chi connectivity index (χ4n) is 5.06. The molecular weight excluding hydrogens is 414 g/mol. The molecule has 33 heavy (non-hydrogen) atoms. The number of rotatable bonds is 8. The van der Waals surface area contributed by atoms with Crippen molar-refractivity contribution in [3.63, 3.8) is 0 Å². The van der Waals surface area contributed by atoms with E-state index >= 15 is 0 Å². The van der Waals surface area contributed by atoms with Gasteiger partial charge in [0.2, 0.25) is 5.91 Å². The summed E-state index contributed by atoms with van der Waals surface area (Å²) < 4.78 is 5.18. The molecule has 1 aliphatic carbocycles. The maximum Gasteiger partial charge on any atom is 0.251 e. The minimum atomic E-state index is -0.302. The largest absolute Gasteiger partial charge is 0.497 e. The highest BCUT2D eigenvalue weighted by molar-refractivity contribution is 5.94. The SMILES string of the molecule is COc1ccc(C(=O)NC(CNC(=O)C2CCN(C3CCCC3)CC2)c2ccccc2)cc1. The zero-order chi connectivity index (χ0) is 23.0. The normalized spacial score (nSPS) is 18.6. The Labute approximate surface area is 196 Å². The van der Waals surface area contributed by atoms with Gasteiger partial charge in [-0.2, -0.15) is 0 Å². The molecule has 1 heterocycles. The molecule has 4 rings (SSSR count). The van der Waals surface area contributed by atoms with Crippen LogP contribution in [0.4, 0.5) is 0 Å². The number of carbonyl (C=O) groups is 2. The number of piperidine rings is 1. The lowest BCUT2D eigenvalue weighted by Gasteiger charge is -2.35. The molecule has 2 amide bonds. The second-order valence-corrected chi connectivity index (χ2v) is 9.16. The molecule has 2 aromatic carbocycles. The van der Waals surface area contributed by atoms with Gasteiger partial charge in [0, 0.05) is 24.1 Å². The van der Waals surface area contributed by atoms with Gasteiger partial charge >= 0.3 is 0 Å². The van der Waals surface area contributed by atoms with Crippen LogP contribution in [0.5, 0.6) is 5.75 Å². The first-order valence-corrected chi connectivity index (χ1v) is 12.2. The number of ether oxygens (including phenoxy) is 1. The quantitative estimate of drug-likeness (QED) is 0.641. The third-order valence-corrected chi connectivity index (χ3v) is 7.08. The van der Waals surface area contributed by atoms with Gasteiger partial charge in [0.15, 0.2) is 0 Å². The van der Waals surface area contributed by atoms with E-state index in [0.29, 0.717) is 17.9 Å². The van der Waals surface area contributed by atoms with E-state index in [1.54, 1.807) is 31.4 Å². The zero-order valence-electron chi connectivity index (χ0n) is 19.5. The number of amides is 2. The van der Waals surface area contributed by atoms with Crippen molar-refractivity contribution in [3.8, 4) is 5.75 Å². The van der Waals surface area contributed by atoms with Crippen molar-refractivity contribution >= 4 is 11.8 Å². The van der Waals surface area contributed by atoms with Crippen LogP contribution in [0.3, 0.4) is 0 Å². The maximum atomic E-state index is 12.9. The van der Waals surface area contributed by atoms with Gasteiger partial charge in [-0.3, -0.25) is 9.59 Å². The topological polar surface area (TPSA) is 70.7 Å². The molecule has 1 atom stereocenters. The average Bonchev–Trinajstić information content (AvgIpc) is 3.42. The first-order chi connectivity index (χ1) is 16.1. The summed E-state index contributed by atoms with van der Waals surface area (Å²) in [7, 11) is 1.60. The molecule has 1 saturated carbocycles. The Bertz CT molecular complexity index is 902. The van der Waals surface area contributed by atoms with Crippen LogP contribution in [-0.4, -0.2) is 49.5 Å². The molecule has 0 spiro atoms. The van der Waals surface area contributed by atoms with Crippen molar-refractivity contribution in [2.24, 2.45) is 5.92 Å². The minimum Gasteiger partial charge on any atom is -0.497 e. The molecular formula is C27H35N3O3. The molecule has 6 nitrogen and oxygen atoms in total. The van der Waals surface area contributed by atoms with Gasteiger partial charge in [-0.15, -0.1) is 0 Å². The Kier molecular flexibility index (Phi) is 8.00. The van der Waals surface area contributed by atoms with Crippen molar-refractivity contribution in [2.45, 2.75) is 50.6 Å². The van der Waals surface area contributed by atoms with Gasteiger partial charge in [0.1, 0.15) is 5.75 Å². The van der Waals surface area contributed by atoms with E-state index in [0.717, 1.165) is 37.5 Å². The highest BCUT2D eigenvalue weighted by Crippen LogP contribution is 2.28. The number of nitrogens with one attached hydrogen (secondary N) is 2. The summed E-state index contributed by atoms with van der Waals surface area (Å²) in [5.41, 5.74) is 1.53. The molecule has 1 unspecified atom stereocenters. The number of likely N-dealkylation sites (tertiary alicyclic amines) is 1. The van der Waals surface area contributed by atoms with Gasteiger partial charge in [-0.25, -0.2) is 0 Å². The molecule has 2 N–H and O–H groups in total. The highest BCUT2D eigenvalue weighted by atomic mass is 16.5. The lowest BCUT2D eigenvalue weighted by molar-refractivity contribution is -0.126. The first-order valence-electron chi connectivity index (χ1n) is 12.2. The van der Waals surface area contributed by atoms with Crippen LogP contribution in [0.15, 0.2) is 54.6 Å². The smallest absolute Gasteiger partial charge is 0.251 e. The van der Waals surface area contributed by atoms with E-state index in [-0.39, 0.29) is 23.8 Å². The predicted molar refractivity (Wildman–Crippen MR) is 129 cm³/mol. The lowest BCUT2D eigenvalue weighted by atomic mass is 9.94. The number of nitrogens with zero attached hydrogens (tertiary/aromatic N) is 1. The second-order valence-electron chi connectivity index (χ2n) is 9.16. The summed E-state index contributed by atoms with van der Waals surface area (Å²) in [5.74, 6) is 0.681. The van der Waals surface area contributed by atoms with Crippen molar-refractivity contribution < 1.29 is 14.3 Å². The van der Waals surface area contributed by atoms with Crippen LogP contribution in [0, 0.1) is 5.92 Å². The number of hydrogen-bond donors (Lipinski definition) is 2. The summed E-state index contributed by atoms with van der Waals surface area (Å²) in [6.45, 7) is 2.39. The van der Waals surface area contributed by atoms with Crippen LogP contribution in [0.1, 0.15) is 60.5 Å². The van der Waals surface area contributed by atoms with Gasteiger partial charge in [-0.05, 0) is 68.6 Å². The minimum absolute atomic E-state index is 0.0522. The van der Waals surface area contributed by atoms with E-state index in [1.807, 2.05) is 30.3 Å². The maximum absolute atomic E-state index is 12.9. The van der Waals surface area contributed by atoms with Crippen molar-refractivity contribution in [1.29, 1.82) is 0 Å². The Morgan fingerprint density at radius 3 is 2.27 bits per heavy atom. The van der Waals surface area contributed by atoms with Crippen molar-refractivity contribution in [3.05, 3.63) is 65.7 Å². The third-order valence-electron chi connectivity index (χ3n) is 7.08. The van der Waals surface area contributed by atoms with Gasteiger partial charge < -0.3 is 20.3 Å². The fourth-order valence-corrected chi connectivity index (χ4v) is 5.06. The molecule has 1 saturated heterocycles. The van der Waals surface area contributed by atoms with E-state index in [1.165, 1.54) is 25.7 Å². The Morgan fingerprint density at radius 2 is 1.64 bits per heavy atom. The van der Waals surface area contributed by atoms with Crippen LogP contribution < -0.4 is 15.4 Å². The van der Waals surface area contributed by atoms with Gasteiger partial charge in [0.05, 0.1) is 13.2 Å². The van der Waals surface area contributed by atoms with Crippen molar-refractivity contribution in [2.75, 3.05) is 26.7 Å². The summed E-state index contributed by atoms with van der Waals surface area (Å²) in [4.78, 5) is 28.4. The lowest BCUT2D eigenvalue weighted by Crippen LogP contribution is -2.45. The summed E-state index contributed by atoms with van der Waals surface area (Å²) in [5, 5.41) is 6.21. The summed E-state index contributed by atoms with van der Waals surface area (Å²) in [6.07, 6.45) is 7.13. The molecule has 1 aliphatic heterocycles. The fraction of sp³-hybridized carbons (Fsp3) is 0.481. The Morgan fingerprint density at radius 1 is 0.970 bits per heavy atom. The molecule has 2 aromatic rings. The molecule has 0 bridgehead atoms. The Hall–Kier alpha value is -2.86. The molecule has 2 aliphatic rings. The van der Waals surface area contributed by atoms with Crippen LogP contribution in [-0.2, 0) is 4.79 Å². The van der Waals surface area contributed by atoms with Crippen LogP contribution in [0.25, 0.3) is 0 Å². The van der Waals surface area contributed by atoms with Gasteiger partial charge in [-0.1, -0.05) is 43.2 Å². The average molecular weight is 450 g/mol. The Balaban J connectivity index is 1.33. The van der Waals surface area contributed by atoms with E-state index in [4.69, 9.17) is 4.74 Å². The number of methoxy groups -OCH3 is 1. The number of carbonyl (C=O) groups excluding carboxylic acids is 2. The number of hydrogen-bond acceptors (Lipinski definition) is 4. The molecule has 176 valence electrons. The van der Waals surface area contributed by atoms with Crippen LogP contribution >= 0.6 is 0 Å². The first kappa shape index (κ1) is 23.3. The molecule has 2 fully saturated rings. The van der Waals surface area contributed by atoms with Crippen molar-refractivity contribution in [1.82, 2.24) is 15.5 Å². The van der Waals surface area contributed by atoms with E-state index in [2.05, 4.69) is 15.5 Å².